The monoisotopic (exact) mass is 254 g/mol. The SMILES string of the molecule is CC(C)(C)OC(=O)CC1CN(C2CCNCC2)C1. The van der Waals surface area contributed by atoms with Crippen LogP contribution in [0.5, 0.6) is 0 Å². The van der Waals surface area contributed by atoms with Crippen molar-refractivity contribution < 1.29 is 9.53 Å². The van der Waals surface area contributed by atoms with Gasteiger partial charge in [0.15, 0.2) is 0 Å². The highest BCUT2D eigenvalue weighted by Gasteiger charge is 2.34. The van der Waals surface area contributed by atoms with Crippen molar-refractivity contribution >= 4 is 5.97 Å². The maximum Gasteiger partial charge on any atom is 0.306 e. The number of hydrogen-bond donors (Lipinski definition) is 1. The van der Waals surface area contributed by atoms with Gasteiger partial charge in [-0.05, 0) is 52.6 Å². The maximum absolute atomic E-state index is 11.7. The molecule has 0 aliphatic carbocycles. The van der Waals surface area contributed by atoms with Gasteiger partial charge in [-0.15, -0.1) is 0 Å². The number of likely N-dealkylation sites (tertiary alicyclic amines) is 1. The van der Waals surface area contributed by atoms with Crippen molar-refractivity contribution in [3.05, 3.63) is 0 Å². The number of rotatable bonds is 3. The molecule has 104 valence electrons. The standard InChI is InChI=1S/C14H26N2O2/c1-14(2,3)18-13(17)8-11-9-16(10-11)12-4-6-15-7-5-12/h11-12,15H,4-10H2,1-3H3. The van der Waals surface area contributed by atoms with Crippen molar-refractivity contribution in [1.82, 2.24) is 10.2 Å². The Kier molecular flexibility index (Phi) is 4.28. The zero-order chi connectivity index (χ0) is 13.2. The van der Waals surface area contributed by atoms with Crippen LogP contribution in [0.3, 0.4) is 0 Å². The summed E-state index contributed by atoms with van der Waals surface area (Å²) in [5.41, 5.74) is -0.352. The molecule has 0 aromatic carbocycles. The number of piperidine rings is 1. The normalized spacial score (nSPS) is 23.7. The van der Waals surface area contributed by atoms with E-state index in [0.717, 1.165) is 32.2 Å². The highest BCUT2D eigenvalue weighted by molar-refractivity contribution is 5.70. The summed E-state index contributed by atoms with van der Waals surface area (Å²) in [6, 6.07) is 0.737. The molecule has 2 fully saturated rings. The largest absolute Gasteiger partial charge is 0.460 e. The van der Waals surface area contributed by atoms with Gasteiger partial charge < -0.3 is 10.1 Å². The van der Waals surface area contributed by atoms with Crippen LogP contribution in [0.2, 0.25) is 0 Å². The third-order valence-corrected chi connectivity index (χ3v) is 3.69. The molecule has 0 aromatic heterocycles. The van der Waals surface area contributed by atoms with Crippen LogP contribution in [-0.4, -0.2) is 48.7 Å². The Morgan fingerprint density at radius 3 is 2.44 bits per heavy atom. The summed E-state index contributed by atoms with van der Waals surface area (Å²) in [6.45, 7) is 10.2. The first-order valence-corrected chi connectivity index (χ1v) is 7.10. The molecule has 4 nitrogen and oxygen atoms in total. The molecule has 0 aromatic rings. The molecule has 2 aliphatic rings. The van der Waals surface area contributed by atoms with Gasteiger partial charge in [-0.3, -0.25) is 9.69 Å². The van der Waals surface area contributed by atoms with Crippen LogP contribution >= 0.6 is 0 Å². The zero-order valence-corrected chi connectivity index (χ0v) is 11.9. The second-order valence-electron chi connectivity index (χ2n) is 6.59. The van der Waals surface area contributed by atoms with E-state index in [4.69, 9.17) is 4.74 Å². The molecule has 2 rings (SSSR count). The lowest BCUT2D eigenvalue weighted by molar-refractivity contribution is -0.157. The number of carbonyl (C=O) groups is 1. The molecule has 2 saturated heterocycles. The molecular formula is C14H26N2O2. The van der Waals surface area contributed by atoms with Crippen molar-refractivity contribution in [2.45, 2.75) is 51.7 Å². The van der Waals surface area contributed by atoms with Crippen LogP contribution in [-0.2, 0) is 9.53 Å². The molecule has 0 unspecified atom stereocenters. The predicted octanol–water partition coefficient (Wildman–Crippen LogP) is 1.40. The van der Waals surface area contributed by atoms with Gasteiger partial charge in [-0.25, -0.2) is 0 Å². The van der Waals surface area contributed by atoms with Gasteiger partial charge >= 0.3 is 5.97 Å². The first-order valence-electron chi connectivity index (χ1n) is 7.10. The molecule has 2 aliphatic heterocycles. The summed E-state index contributed by atoms with van der Waals surface area (Å²) in [5, 5.41) is 3.39. The quantitative estimate of drug-likeness (QED) is 0.773. The molecule has 1 N–H and O–H groups in total. The van der Waals surface area contributed by atoms with E-state index >= 15 is 0 Å². The Labute approximate surface area is 110 Å². The fraction of sp³-hybridized carbons (Fsp3) is 0.929. The summed E-state index contributed by atoms with van der Waals surface area (Å²) in [5.74, 6) is 0.465. The number of hydrogen-bond acceptors (Lipinski definition) is 4. The van der Waals surface area contributed by atoms with Crippen molar-refractivity contribution in [3.8, 4) is 0 Å². The van der Waals surface area contributed by atoms with E-state index in [0.29, 0.717) is 12.3 Å². The van der Waals surface area contributed by atoms with Crippen LogP contribution in [0.1, 0.15) is 40.0 Å². The second kappa shape index (κ2) is 5.57. The van der Waals surface area contributed by atoms with Crippen LogP contribution in [0.15, 0.2) is 0 Å². The summed E-state index contributed by atoms with van der Waals surface area (Å²) in [7, 11) is 0. The topological polar surface area (TPSA) is 41.6 Å². The average Bonchev–Trinajstić information content (AvgIpc) is 2.21. The molecule has 2 heterocycles. The lowest BCUT2D eigenvalue weighted by atomic mass is 9.91. The summed E-state index contributed by atoms with van der Waals surface area (Å²) >= 11 is 0. The van der Waals surface area contributed by atoms with E-state index in [-0.39, 0.29) is 11.6 Å². The minimum Gasteiger partial charge on any atom is -0.460 e. The van der Waals surface area contributed by atoms with Crippen molar-refractivity contribution in [3.63, 3.8) is 0 Å². The molecule has 4 heteroatoms. The molecule has 0 spiro atoms. The minimum absolute atomic E-state index is 0.0440. The molecule has 0 saturated carbocycles. The van der Waals surface area contributed by atoms with Gasteiger partial charge in [-0.2, -0.15) is 0 Å². The lowest BCUT2D eigenvalue weighted by Crippen LogP contribution is -2.55. The Balaban J connectivity index is 1.65. The minimum atomic E-state index is -0.352. The maximum atomic E-state index is 11.7. The second-order valence-corrected chi connectivity index (χ2v) is 6.59. The van der Waals surface area contributed by atoms with Gasteiger partial charge in [0, 0.05) is 19.1 Å². The Bertz CT molecular complexity index is 287. The molecule has 0 bridgehead atoms. The van der Waals surface area contributed by atoms with Crippen LogP contribution in [0.25, 0.3) is 0 Å². The van der Waals surface area contributed by atoms with E-state index in [2.05, 4.69) is 10.2 Å². The van der Waals surface area contributed by atoms with Gasteiger partial charge in [0.2, 0.25) is 0 Å². The zero-order valence-electron chi connectivity index (χ0n) is 11.9. The first-order chi connectivity index (χ1) is 8.44. The third kappa shape index (κ3) is 3.95. The summed E-state index contributed by atoms with van der Waals surface area (Å²) in [4.78, 5) is 14.2. The molecule has 0 atom stereocenters. The van der Waals surface area contributed by atoms with Gasteiger partial charge in [0.25, 0.3) is 0 Å². The van der Waals surface area contributed by atoms with Crippen molar-refractivity contribution in [2.75, 3.05) is 26.2 Å². The van der Waals surface area contributed by atoms with E-state index in [1.54, 1.807) is 0 Å². The van der Waals surface area contributed by atoms with Gasteiger partial charge in [-0.1, -0.05) is 0 Å². The van der Waals surface area contributed by atoms with Crippen molar-refractivity contribution in [1.29, 1.82) is 0 Å². The highest BCUT2D eigenvalue weighted by Crippen LogP contribution is 2.26. The fourth-order valence-corrected chi connectivity index (χ4v) is 2.83. The smallest absolute Gasteiger partial charge is 0.306 e. The average molecular weight is 254 g/mol. The lowest BCUT2D eigenvalue weighted by Gasteiger charge is -2.45. The van der Waals surface area contributed by atoms with E-state index in [9.17, 15) is 4.79 Å². The molecule has 18 heavy (non-hydrogen) atoms. The number of nitrogens with one attached hydrogen (secondary N) is 1. The Morgan fingerprint density at radius 2 is 1.89 bits per heavy atom. The van der Waals surface area contributed by atoms with Crippen LogP contribution in [0, 0.1) is 5.92 Å². The summed E-state index contributed by atoms with van der Waals surface area (Å²) in [6.07, 6.45) is 3.08. The van der Waals surface area contributed by atoms with E-state index < -0.39 is 0 Å². The van der Waals surface area contributed by atoms with Gasteiger partial charge in [0.1, 0.15) is 5.60 Å². The predicted molar refractivity (Wildman–Crippen MR) is 71.4 cm³/mol. The first kappa shape index (κ1) is 13.8. The number of nitrogens with zero attached hydrogens (tertiary/aromatic N) is 1. The van der Waals surface area contributed by atoms with Crippen molar-refractivity contribution in [2.24, 2.45) is 5.92 Å². The number of carbonyl (C=O) groups excluding carboxylic acids is 1. The van der Waals surface area contributed by atoms with Gasteiger partial charge in [0.05, 0.1) is 6.42 Å². The van der Waals surface area contributed by atoms with E-state index in [1.807, 2.05) is 20.8 Å². The Morgan fingerprint density at radius 1 is 1.28 bits per heavy atom. The molecule has 0 radical (unpaired) electrons. The third-order valence-electron chi connectivity index (χ3n) is 3.69. The number of ether oxygens (including phenoxy) is 1. The Hall–Kier alpha value is -0.610. The number of esters is 1. The molecular weight excluding hydrogens is 228 g/mol. The fourth-order valence-electron chi connectivity index (χ4n) is 2.83. The highest BCUT2D eigenvalue weighted by atomic mass is 16.6. The van der Waals surface area contributed by atoms with Crippen LogP contribution in [0.4, 0.5) is 0 Å². The van der Waals surface area contributed by atoms with Crippen LogP contribution < -0.4 is 5.32 Å². The summed E-state index contributed by atoms with van der Waals surface area (Å²) < 4.78 is 5.36. The molecule has 0 amide bonds. The van der Waals surface area contributed by atoms with E-state index in [1.165, 1.54) is 12.8 Å².